The maximum Gasteiger partial charge on any atom is 0.0485 e. The van der Waals surface area contributed by atoms with Crippen molar-refractivity contribution in [3.05, 3.63) is 35.0 Å². The van der Waals surface area contributed by atoms with E-state index in [1.54, 1.807) is 0 Å². The molecule has 2 aromatic rings. The molecule has 1 aromatic heterocycles. The van der Waals surface area contributed by atoms with Gasteiger partial charge in [0, 0.05) is 23.6 Å². The van der Waals surface area contributed by atoms with E-state index in [1.807, 2.05) is 0 Å². The molecule has 1 heteroatoms. The number of benzene rings is 1. The molecule has 0 atom stereocenters. The van der Waals surface area contributed by atoms with Gasteiger partial charge in [0.15, 0.2) is 0 Å². The van der Waals surface area contributed by atoms with Crippen molar-refractivity contribution in [1.29, 1.82) is 0 Å². The molecule has 1 nitrogen and oxygen atoms in total. The lowest BCUT2D eigenvalue weighted by molar-refractivity contribution is 0.865. The molecule has 1 aromatic carbocycles. The van der Waals surface area contributed by atoms with E-state index in [4.69, 9.17) is 0 Å². The summed E-state index contributed by atoms with van der Waals surface area (Å²) in [5.41, 5.74) is 5.63. The molecule has 0 bridgehead atoms. The highest BCUT2D eigenvalue weighted by molar-refractivity contribution is 5.85. The molecule has 0 aliphatic rings. The first-order valence-electron chi connectivity index (χ1n) is 5.75. The van der Waals surface area contributed by atoms with Gasteiger partial charge < -0.3 is 4.57 Å². The van der Waals surface area contributed by atoms with Crippen LogP contribution in [0.3, 0.4) is 0 Å². The van der Waals surface area contributed by atoms with Crippen LogP contribution in [0.1, 0.15) is 30.7 Å². The normalized spacial score (nSPS) is 11.2. The Morgan fingerprint density at radius 3 is 2.40 bits per heavy atom. The molecule has 1 heterocycles. The standard InChI is InChI=1S/C14H19N/c1-5-11-7-10(3)13-9-12(6-2)15(4)14(13)8-11/h7-9H,5-6H2,1-4H3. The summed E-state index contributed by atoms with van der Waals surface area (Å²) in [5.74, 6) is 0. The second kappa shape index (κ2) is 3.73. The fraction of sp³-hybridized carbons (Fsp3) is 0.429. The molecule has 0 aliphatic heterocycles. The predicted molar refractivity (Wildman–Crippen MR) is 66.4 cm³/mol. The van der Waals surface area contributed by atoms with Crippen LogP contribution in [0.2, 0.25) is 0 Å². The van der Waals surface area contributed by atoms with E-state index in [2.05, 4.69) is 50.6 Å². The Balaban J connectivity index is 2.77. The minimum Gasteiger partial charge on any atom is -0.348 e. The van der Waals surface area contributed by atoms with Gasteiger partial charge in [-0.15, -0.1) is 0 Å². The van der Waals surface area contributed by atoms with Gasteiger partial charge in [0.1, 0.15) is 0 Å². The summed E-state index contributed by atoms with van der Waals surface area (Å²) in [6, 6.07) is 6.95. The third kappa shape index (κ3) is 1.56. The van der Waals surface area contributed by atoms with Crippen LogP contribution in [0.4, 0.5) is 0 Å². The lowest BCUT2D eigenvalue weighted by Gasteiger charge is -2.04. The molecule has 0 saturated carbocycles. The smallest absolute Gasteiger partial charge is 0.0485 e. The average Bonchev–Trinajstić information content (AvgIpc) is 2.56. The lowest BCUT2D eigenvalue weighted by Crippen LogP contribution is -1.94. The third-order valence-electron chi connectivity index (χ3n) is 3.30. The van der Waals surface area contributed by atoms with E-state index >= 15 is 0 Å². The Bertz CT molecular complexity index is 491. The third-order valence-corrected chi connectivity index (χ3v) is 3.30. The van der Waals surface area contributed by atoms with Crippen molar-refractivity contribution >= 4 is 10.9 Å². The second-order valence-corrected chi connectivity index (χ2v) is 4.25. The van der Waals surface area contributed by atoms with Crippen molar-refractivity contribution in [3.63, 3.8) is 0 Å². The summed E-state index contributed by atoms with van der Waals surface area (Å²) in [6.45, 7) is 6.63. The lowest BCUT2D eigenvalue weighted by atomic mass is 10.1. The number of nitrogens with zero attached hydrogens (tertiary/aromatic N) is 1. The van der Waals surface area contributed by atoms with Crippen molar-refractivity contribution in [2.45, 2.75) is 33.6 Å². The van der Waals surface area contributed by atoms with Crippen molar-refractivity contribution in [2.75, 3.05) is 0 Å². The van der Waals surface area contributed by atoms with Gasteiger partial charge in [0.05, 0.1) is 0 Å². The Kier molecular flexibility index (Phi) is 2.56. The molecule has 0 saturated heterocycles. The molecule has 2 rings (SSSR count). The number of aryl methyl sites for hydroxylation is 4. The van der Waals surface area contributed by atoms with Gasteiger partial charge in [0.25, 0.3) is 0 Å². The minimum absolute atomic E-state index is 1.10. The van der Waals surface area contributed by atoms with Gasteiger partial charge in [-0.05, 0) is 43.0 Å². The highest BCUT2D eigenvalue weighted by atomic mass is 14.9. The van der Waals surface area contributed by atoms with Gasteiger partial charge in [-0.1, -0.05) is 19.9 Å². The second-order valence-electron chi connectivity index (χ2n) is 4.25. The monoisotopic (exact) mass is 201 g/mol. The Morgan fingerprint density at radius 1 is 1.07 bits per heavy atom. The first-order valence-corrected chi connectivity index (χ1v) is 5.75. The molecule has 15 heavy (non-hydrogen) atoms. The molecule has 0 fully saturated rings. The fourth-order valence-electron chi connectivity index (χ4n) is 2.28. The summed E-state index contributed by atoms with van der Waals surface area (Å²) < 4.78 is 2.32. The summed E-state index contributed by atoms with van der Waals surface area (Å²) in [6.07, 6.45) is 2.22. The first-order chi connectivity index (χ1) is 7.17. The van der Waals surface area contributed by atoms with E-state index in [0.717, 1.165) is 12.8 Å². The van der Waals surface area contributed by atoms with Crippen LogP contribution in [-0.4, -0.2) is 4.57 Å². The molecule has 0 unspecified atom stereocenters. The van der Waals surface area contributed by atoms with E-state index < -0.39 is 0 Å². The van der Waals surface area contributed by atoms with Crippen LogP contribution in [0.25, 0.3) is 10.9 Å². The highest BCUT2D eigenvalue weighted by Crippen LogP contribution is 2.24. The molecule has 0 N–H and O–H groups in total. The van der Waals surface area contributed by atoms with Crippen LogP contribution in [0.15, 0.2) is 18.2 Å². The highest BCUT2D eigenvalue weighted by Gasteiger charge is 2.07. The van der Waals surface area contributed by atoms with Crippen LogP contribution in [-0.2, 0) is 19.9 Å². The number of fused-ring (bicyclic) bond motifs is 1. The van der Waals surface area contributed by atoms with Gasteiger partial charge in [-0.3, -0.25) is 0 Å². The molecule has 0 amide bonds. The van der Waals surface area contributed by atoms with Crippen LogP contribution < -0.4 is 0 Å². The first kappa shape index (κ1) is 10.3. The van der Waals surface area contributed by atoms with Crippen LogP contribution in [0.5, 0.6) is 0 Å². The average molecular weight is 201 g/mol. The largest absolute Gasteiger partial charge is 0.348 e. The minimum atomic E-state index is 1.10. The molecule has 0 radical (unpaired) electrons. The number of rotatable bonds is 2. The zero-order valence-electron chi connectivity index (χ0n) is 10.1. The molecular weight excluding hydrogens is 182 g/mol. The van der Waals surface area contributed by atoms with Crippen LogP contribution >= 0.6 is 0 Å². The quantitative estimate of drug-likeness (QED) is 0.699. The summed E-state index contributed by atoms with van der Waals surface area (Å²) >= 11 is 0. The molecule has 0 aliphatic carbocycles. The zero-order chi connectivity index (χ0) is 11.0. The maximum absolute atomic E-state index is 2.32. The summed E-state index contributed by atoms with van der Waals surface area (Å²) in [4.78, 5) is 0. The van der Waals surface area contributed by atoms with E-state index in [1.165, 1.54) is 27.7 Å². The Hall–Kier alpha value is -1.24. The Morgan fingerprint density at radius 2 is 1.80 bits per heavy atom. The van der Waals surface area contributed by atoms with E-state index in [9.17, 15) is 0 Å². The number of hydrogen-bond acceptors (Lipinski definition) is 0. The number of hydrogen-bond donors (Lipinski definition) is 0. The fourth-order valence-corrected chi connectivity index (χ4v) is 2.28. The maximum atomic E-state index is 2.32. The van der Waals surface area contributed by atoms with Crippen LogP contribution in [0, 0.1) is 6.92 Å². The van der Waals surface area contributed by atoms with E-state index in [0.29, 0.717) is 0 Å². The van der Waals surface area contributed by atoms with Crippen molar-refractivity contribution in [2.24, 2.45) is 7.05 Å². The zero-order valence-corrected chi connectivity index (χ0v) is 10.1. The van der Waals surface area contributed by atoms with E-state index in [-0.39, 0.29) is 0 Å². The molecule has 80 valence electrons. The van der Waals surface area contributed by atoms with Crippen molar-refractivity contribution in [1.82, 2.24) is 4.57 Å². The van der Waals surface area contributed by atoms with Crippen molar-refractivity contribution in [3.8, 4) is 0 Å². The number of aromatic nitrogens is 1. The molecule has 0 spiro atoms. The van der Waals surface area contributed by atoms with Gasteiger partial charge in [-0.2, -0.15) is 0 Å². The topological polar surface area (TPSA) is 4.93 Å². The van der Waals surface area contributed by atoms with Gasteiger partial charge >= 0.3 is 0 Å². The Labute approximate surface area is 91.7 Å². The van der Waals surface area contributed by atoms with Crippen molar-refractivity contribution < 1.29 is 0 Å². The summed E-state index contributed by atoms with van der Waals surface area (Å²) in [7, 11) is 2.17. The summed E-state index contributed by atoms with van der Waals surface area (Å²) in [5, 5.41) is 1.41. The van der Waals surface area contributed by atoms with Gasteiger partial charge in [0.2, 0.25) is 0 Å². The predicted octanol–water partition coefficient (Wildman–Crippen LogP) is 3.61. The SMILES string of the molecule is CCc1cc(C)c2cc(CC)n(C)c2c1. The van der Waals surface area contributed by atoms with Gasteiger partial charge in [-0.25, -0.2) is 0 Å². The molecular formula is C14H19N.